The Balaban J connectivity index is 1.66. The third kappa shape index (κ3) is 8.78. The summed E-state index contributed by atoms with van der Waals surface area (Å²) in [4.78, 5) is 0. The van der Waals surface area contributed by atoms with Crippen molar-refractivity contribution in [1.82, 2.24) is 0 Å². The first kappa shape index (κ1) is 24.6. The number of hydrogen-bond donors (Lipinski definition) is 0. The van der Waals surface area contributed by atoms with Gasteiger partial charge in [0.15, 0.2) is 0 Å². The molecule has 2 heteroatoms. The van der Waals surface area contributed by atoms with Gasteiger partial charge in [-0.05, 0) is 95.7 Å². The van der Waals surface area contributed by atoms with Crippen molar-refractivity contribution in [1.29, 1.82) is 0 Å². The number of rotatable bonds is 8. The summed E-state index contributed by atoms with van der Waals surface area (Å²) in [5.41, 5.74) is 6.21. The molecule has 0 spiro atoms. The van der Waals surface area contributed by atoms with Gasteiger partial charge in [-0.2, -0.15) is 11.3 Å². The molecular weight excluding hydrogens is 420 g/mol. The second kappa shape index (κ2) is 12.3. The van der Waals surface area contributed by atoms with E-state index in [0.29, 0.717) is 12.5 Å². The van der Waals surface area contributed by atoms with Gasteiger partial charge in [0.2, 0.25) is 0 Å². The molecule has 3 rings (SSSR count). The van der Waals surface area contributed by atoms with Gasteiger partial charge in [0.25, 0.3) is 0 Å². The van der Waals surface area contributed by atoms with Crippen molar-refractivity contribution in [2.24, 2.45) is 11.3 Å². The Labute approximate surface area is 203 Å². The first-order valence-corrected chi connectivity index (χ1v) is 12.3. The van der Waals surface area contributed by atoms with Gasteiger partial charge in [-0.15, -0.1) is 0 Å². The lowest BCUT2D eigenvalue weighted by Gasteiger charge is -2.13. The Bertz CT molecular complexity index is 1170. The van der Waals surface area contributed by atoms with Gasteiger partial charge >= 0.3 is 0 Å². The lowest BCUT2D eigenvalue weighted by molar-refractivity contribution is 0.154. The van der Waals surface area contributed by atoms with Gasteiger partial charge in [-0.1, -0.05) is 66.5 Å². The van der Waals surface area contributed by atoms with Gasteiger partial charge in [0, 0.05) is 18.9 Å². The third-order valence-corrected chi connectivity index (χ3v) is 5.75. The van der Waals surface area contributed by atoms with Crippen LogP contribution in [0.2, 0.25) is 0 Å². The number of ether oxygens (including phenoxy) is 1. The fourth-order valence-electron chi connectivity index (χ4n) is 3.48. The van der Waals surface area contributed by atoms with Crippen LogP contribution in [0.3, 0.4) is 0 Å². The molecule has 2 aromatic carbocycles. The number of benzene rings is 2. The molecule has 0 aliphatic rings. The zero-order chi connectivity index (χ0) is 23.5. The number of thiophene rings is 1. The molecule has 1 unspecified atom stereocenters. The summed E-state index contributed by atoms with van der Waals surface area (Å²) in [7, 11) is 1.75. The van der Waals surface area contributed by atoms with Crippen LogP contribution in [0.4, 0.5) is 0 Å². The van der Waals surface area contributed by atoms with E-state index in [-0.39, 0.29) is 5.41 Å². The van der Waals surface area contributed by atoms with Crippen molar-refractivity contribution in [3.63, 3.8) is 0 Å². The van der Waals surface area contributed by atoms with Crippen LogP contribution in [0.5, 0.6) is 0 Å². The van der Waals surface area contributed by atoms with E-state index in [9.17, 15) is 0 Å². The zero-order valence-electron chi connectivity index (χ0n) is 20.0. The van der Waals surface area contributed by atoms with Crippen molar-refractivity contribution >= 4 is 23.5 Å². The van der Waals surface area contributed by atoms with E-state index < -0.39 is 0 Å². The van der Waals surface area contributed by atoms with E-state index in [4.69, 9.17) is 4.74 Å². The molecule has 0 saturated heterocycles. The van der Waals surface area contributed by atoms with Gasteiger partial charge in [-0.25, -0.2) is 0 Å². The molecule has 1 nitrogen and oxygen atoms in total. The summed E-state index contributed by atoms with van der Waals surface area (Å²) in [5, 5.41) is 4.30. The zero-order valence-corrected chi connectivity index (χ0v) is 20.8. The molecule has 3 aromatic rings. The Morgan fingerprint density at radius 2 is 1.70 bits per heavy atom. The maximum absolute atomic E-state index is 5.45. The van der Waals surface area contributed by atoms with Gasteiger partial charge in [0.05, 0.1) is 6.61 Å². The first-order chi connectivity index (χ1) is 15.9. The van der Waals surface area contributed by atoms with Crippen molar-refractivity contribution in [2.45, 2.75) is 33.6 Å². The van der Waals surface area contributed by atoms with Crippen LogP contribution in [-0.2, 0) is 11.2 Å². The first-order valence-electron chi connectivity index (χ1n) is 11.3. The molecule has 0 saturated carbocycles. The summed E-state index contributed by atoms with van der Waals surface area (Å²) in [6, 6.07) is 19.5. The van der Waals surface area contributed by atoms with Crippen LogP contribution in [0.15, 0.2) is 65.4 Å². The van der Waals surface area contributed by atoms with Crippen molar-refractivity contribution < 1.29 is 4.74 Å². The number of methoxy groups -OCH3 is 1. The van der Waals surface area contributed by atoms with Crippen molar-refractivity contribution in [3.8, 4) is 34.8 Å². The van der Waals surface area contributed by atoms with Crippen LogP contribution in [0, 0.1) is 35.0 Å². The maximum atomic E-state index is 5.45. The predicted octanol–water partition coefficient (Wildman–Crippen LogP) is 7.83. The molecule has 0 amide bonds. The quantitative estimate of drug-likeness (QED) is 0.250. The van der Waals surface area contributed by atoms with Crippen LogP contribution in [0.25, 0.3) is 23.3 Å². The standard InChI is InChI=1S/C31H32OS/c1-31(2,3)18-7-5-6-10-28(23-32-4)21-27-13-8-11-25(20-27)15-16-26-12-9-14-29(22-26)30-17-19-33-24-30/h8-9,11-17,19-20,22,24,28H,10,21,23H2,1-4H3. The molecule has 1 aromatic heterocycles. The number of hydrogen-bond acceptors (Lipinski definition) is 2. The lowest BCUT2D eigenvalue weighted by atomic mass is 9.95. The summed E-state index contributed by atoms with van der Waals surface area (Å²) >= 11 is 1.73. The molecule has 0 radical (unpaired) electrons. The van der Waals surface area contributed by atoms with E-state index in [1.165, 1.54) is 27.8 Å². The molecular formula is C31H32OS. The minimum absolute atomic E-state index is 0.0141. The summed E-state index contributed by atoms with van der Waals surface area (Å²) < 4.78 is 5.45. The molecule has 1 atom stereocenters. The summed E-state index contributed by atoms with van der Waals surface area (Å²) in [6.07, 6.45) is 6.08. The average molecular weight is 453 g/mol. The smallest absolute Gasteiger partial charge is 0.0502 e. The van der Waals surface area contributed by atoms with Crippen LogP contribution in [-0.4, -0.2) is 13.7 Å². The normalized spacial score (nSPS) is 12.0. The third-order valence-electron chi connectivity index (χ3n) is 5.07. The van der Waals surface area contributed by atoms with E-state index in [1.807, 2.05) is 0 Å². The Hall–Kier alpha value is -3.04. The highest BCUT2D eigenvalue weighted by Crippen LogP contribution is 2.24. The highest BCUT2D eigenvalue weighted by Gasteiger charge is 2.09. The Morgan fingerprint density at radius 1 is 0.939 bits per heavy atom. The second-order valence-electron chi connectivity index (χ2n) is 9.25. The van der Waals surface area contributed by atoms with Crippen molar-refractivity contribution in [2.75, 3.05) is 13.7 Å². The fourth-order valence-corrected chi connectivity index (χ4v) is 4.15. The maximum Gasteiger partial charge on any atom is 0.0502 e. The van der Waals surface area contributed by atoms with Crippen LogP contribution in [0.1, 0.15) is 43.9 Å². The molecule has 1 heterocycles. The monoisotopic (exact) mass is 452 g/mol. The fraction of sp³-hybridized carbons (Fsp3) is 0.290. The molecule has 168 valence electrons. The highest BCUT2D eigenvalue weighted by molar-refractivity contribution is 7.08. The summed E-state index contributed by atoms with van der Waals surface area (Å²) in [6.45, 7) is 6.97. The predicted molar refractivity (Wildman–Crippen MR) is 144 cm³/mol. The Morgan fingerprint density at radius 3 is 2.39 bits per heavy atom. The van der Waals surface area contributed by atoms with E-state index >= 15 is 0 Å². The molecule has 0 fully saturated rings. The summed E-state index contributed by atoms with van der Waals surface area (Å²) in [5.74, 6) is 12.7. The van der Waals surface area contributed by atoms with Gasteiger partial charge in [0.1, 0.15) is 0 Å². The topological polar surface area (TPSA) is 9.23 Å². The van der Waals surface area contributed by atoms with Crippen LogP contribution >= 0.6 is 11.3 Å². The highest BCUT2D eigenvalue weighted by atomic mass is 32.1. The van der Waals surface area contributed by atoms with E-state index in [0.717, 1.165) is 12.8 Å². The van der Waals surface area contributed by atoms with E-state index in [2.05, 4.69) is 122 Å². The van der Waals surface area contributed by atoms with Crippen molar-refractivity contribution in [3.05, 3.63) is 82.0 Å². The Kier molecular flexibility index (Phi) is 9.14. The minimum atomic E-state index is -0.0141. The molecule has 33 heavy (non-hydrogen) atoms. The molecule has 0 bridgehead atoms. The average Bonchev–Trinajstić information content (AvgIpc) is 3.32. The second-order valence-corrected chi connectivity index (χ2v) is 10.0. The van der Waals surface area contributed by atoms with E-state index in [1.54, 1.807) is 18.4 Å². The van der Waals surface area contributed by atoms with Gasteiger partial charge in [-0.3, -0.25) is 0 Å². The van der Waals surface area contributed by atoms with Crippen LogP contribution < -0.4 is 0 Å². The molecule has 0 aliphatic carbocycles. The molecule has 0 N–H and O–H groups in total. The minimum Gasteiger partial charge on any atom is -0.384 e. The lowest BCUT2D eigenvalue weighted by Crippen LogP contribution is -2.11. The molecule has 0 aliphatic heterocycles. The van der Waals surface area contributed by atoms with Gasteiger partial charge < -0.3 is 4.74 Å². The SMILES string of the molecule is COCC(CC#CC#CC(C)(C)C)Cc1cccc(C=Cc2cccc(-c3ccsc3)c2)c1. The largest absolute Gasteiger partial charge is 0.384 e.